The highest BCUT2D eigenvalue weighted by Crippen LogP contribution is 2.26. The van der Waals surface area contributed by atoms with Crippen molar-refractivity contribution < 1.29 is 28.2 Å². The van der Waals surface area contributed by atoms with Crippen molar-refractivity contribution in [3.63, 3.8) is 0 Å². The average molecular weight is 486 g/mol. The fourth-order valence-corrected chi connectivity index (χ4v) is 4.60. The van der Waals surface area contributed by atoms with E-state index in [4.69, 9.17) is 9.47 Å². The van der Waals surface area contributed by atoms with Crippen LogP contribution < -0.4 is 10.3 Å². The number of fused-ring (bicyclic) bond motifs is 1. The Hall–Kier alpha value is -3.69. The van der Waals surface area contributed by atoms with Gasteiger partial charge in [-0.25, -0.2) is 9.18 Å². The molecule has 9 nitrogen and oxygen atoms in total. The van der Waals surface area contributed by atoms with Crippen molar-refractivity contribution in [3.05, 3.63) is 63.3 Å². The molecule has 10 heteroatoms. The highest BCUT2D eigenvalue weighted by molar-refractivity contribution is 5.93. The van der Waals surface area contributed by atoms with Crippen LogP contribution in [0.4, 0.5) is 4.39 Å². The van der Waals surface area contributed by atoms with Crippen molar-refractivity contribution >= 4 is 17.8 Å². The minimum Gasteiger partial charge on any atom is -0.492 e. The number of carbonyl (C=O) groups excluding carboxylic acids is 3. The lowest BCUT2D eigenvalue weighted by Crippen LogP contribution is -2.35. The van der Waals surface area contributed by atoms with Crippen LogP contribution in [0.5, 0.6) is 5.75 Å². The third kappa shape index (κ3) is 5.36. The van der Waals surface area contributed by atoms with Gasteiger partial charge in [0.05, 0.1) is 20.1 Å². The van der Waals surface area contributed by atoms with Gasteiger partial charge in [-0.15, -0.1) is 0 Å². The van der Waals surface area contributed by atoms with Gasteiger partial charge in [-0.1, -0.05) is 12.1 Å². The van der Waals surface area contributed by atoms with Crippen molar-refractivity contribution in [3.8, 4) is 5.75 Å². The molecular formula is C25H28FN3O6. The molecule has 186 valence electrons. The van der Waals surface area contributed by atoms with Gasteiger partial charge in [-0.2, -0.15) is 0 Å². The molecule has 3 heterocycles. The summed E-state index contributed by atoms with van der Waals surface area (Å²) in [5, 5.41) is 0. The number of esters is 1. The third-order valence-electron chi connectivity index (χ3n) is 6.50. The first kappa shape index (κ1) is 24.4. The van der Waals surface area contributed by atoms with Crippen molar-refractivity contribution in [2.24, 2.45) is 5.92 Å². The monoisotopic (exact) mass is 485 g/mol. The Labute approximate surface area is 202 Å². The first-order valence-electron chi connectivity index (χ1n) is 11.5. The molecule has 1 atom stereocenters. The molecular weight excluding hydrogens is 457 g/mol. The summed E-state index contributed by atoms with van der Waals surface area (Å²) in [5.74, 6) is -1.04. The largest absolute Gasteiger partial charge is 0.492 e. The zero-order chi connectivity index (χ0) is 25.1. The Morgan fingerprint density at radius 2 is 1.86 bits per heavy atom. The van der Waals surface area contributed by atoms with Gasteiger partial charge in [0.2, 0.25) is 11.8 Å². The number of halogens is 1. The number of carbonyl (C=O) groups is 3. The maximum absolute atomic E-state index is 13.2. The standard InChI is InChI=1S/C25H28FN3O6/c1-27-14-17(12-21(27)30)15-35-20-13-23(32)29-10-9-28(8-7-19(29)24(20)25(33)34-2)22(31)11-16-3-5-18(26)6-4-16/h3-6,13,17H,7-12,14-15H2,1-2H3/t17-/m0/s1. The SMILES string of the molecule is COC(=O)c1c(OC[C@H]2CC(=O)N(C)C2)cc(=O)n2c1CCN(C(=O)Cc1ccc(F)cc1)CC2. The molecule has 2 aromatic rings. The van der Waals surface area contributed by atoms with Crippen molar-refractivity contribution in [2.45, 2.75) is 25.8 Å². The van der Waals surface area contributed by atoms with E-state index >= 15 is 0 Å². The molecule has 0 saturated carbocycles. The molecule has 1 fully saturated rings. The Kier molecular flexibility index (Phi) is 7.18. The average Bonchev–Trinajstić information content (AvgIpc) is 3.02. The summed E-state index contributed by atoms with van der Waals surface area (Å²) >= 11 is 0. The predicted molar refractivity (Wildman–Crippen MR) is 124 cm³/mol. The second-order valence-electron chi connectivity index (χ2n) is 8.90. The number of likely N-dealkylation sites (tertiary alicyclic amines) is 1. The number of hydrogen-bond donors (Lipinski definition) is 0. The van der Waals surface area contributed by atoms with E-state index in [2.05, 4.69) is 0 Å². The molecule has 1 aromatic heterocycles. The highest BCUT2D eigenvalue weighted by atomic mass is 19.1. The zero-order valence-electron chi connectivity index (χ0n) is 19.8. The number of pyridine rings is 1. The summed E-state index contributed by atoms with van der Waals surface area (Å²) in [5.41, 5.74) is 0.973. The number of rotatable bonds is 6. The summed E-state index contributed by atoms with van der Waals surface area (Å²) in [6.45, 7) is 1.54. The van der Waals surface area contributed by atoms with Gasteiger partial charge >= 0.3 is 5.97 Å². The van der Waals surface area contributed by atoms with Gasteiger partial charge in [-0.3, -0.25) is 14.4 Å². The number of ether oxygens (including phenoxy) is 2. The summed E-state index contributed by atoms with van der Waals surface area (Å²) in [6.07, 6.45) is 0.716. The fourth-order valence-electron chi connectivity index (χ4n) is 4.60. The van der Waals surface area contributed by atoms with Crippen LogP contribution in [0.1, 0.15) is 28.0 Å². The van der Waals surface area contributed by atoms with Gasteiger partial charge in [-0.05, 0) is 17.7 Å². The number of amides is 2. The minimum absolute atomic E-state index is 0.0270. The Morgan fingerprint density at radius 1 is 1.11 bits per heavy atom. The van der Waals surface area contributed by atoms with Gasteiger partial charge in [0.1, 0.15) is 17.1 Å². The molecule has 2 aliphatic heterocycles. The molecule has 1 saturated heterocycles. The van der Waals surface area contributed by atoms with E-state index < -0.39 is 5.97 Å². The van der Waals surface area contributed by atoms with E-state index in [9.17, 15) is 23.6 Å². The summed E-state index contributed by atoms with van der Waals surface area (Å²) in [4.78, 5) is 53.6. The Bertz CT molecular complexity index is 1190. The van der Waals surface area contributed by atoms with Crippen LogP contribution >= 0.6 is 0 Å². The van der Waals surface area contributed by atoms with Gasteiger partial charge < -0.3 is 23.8 Å². The van der Waals surface area contributed by atoms with E-state index in [1.165, 1.54) is 29.9 Å². The smallest absolute Gasteiger partial charge is 0.343 e. The quantitative estimate of drug-likeness (QED) is 0.572. The fraction of sp³-hybridized carbons (Fsp3) is 0.440. The van der Waals surface area contributed by atoms with E-state index in [0.717, 1.165) is 0 Å². The van der Waals surface area contributed by atoms with E-state index in [0.29, 0.717) is 37.3 Å². The van der Waals surface area contributed by atoms with E-state index in [1.54, 1.807) is 29.0 Å². The maximum atomic E-state index is 13.2. The van der Waals surface area contributed by atoms with E-state index in [1.807, 2.05) is 0 Å². The van der Waals surface area contributed by atoms with Crippen molar-refractivity contribution in [1.82, 2.24) is 14.4 Å². The van der Waals surface area contributed by atoms with Crippen LogP contribution in [0.3, 0.4) is 0 Å². The number of benzene rings is 1. The molecule has 1 aromatic carbocycles. The Morgan fingerprint density at radius 3 is 2.51 bits per heavy atom. The van der Waals surface area contributed by atoms with Crippen LogP contribution in [-0.2, 0) is 33.7 Å². The highest BCUT2D eigenvalue weighted by Gasteiger charge is 2.30. The molecule has 0 unspecified atom stereocenters. The first-order valence-corrected chi connectivity index (χ1v) is 11.5. The lowest BCUT2D eigenvalue weighted by Gasteiger charge is -2.20. The summed E-state index contributed by atoms with van der Waals surface area (Å²) < 4.78 is 25.5. The number of nitrogens with zero attached hydrogens (tertiary/aromatic N) is 3. The van der Waals surface area contributed by atoms with Gasteiger partial charge in [0.25, 0.3) is 5.56 Å². The topological polar surface area (TPSA) is 98.2 Å². The molecule has 2 aliphatic rings. The predicted octanol–water partition coefficient (Wildman–Crippen LogP) is 1.26. The van der Waals surface area contributed by atoms with Crippen LogP contribution in [0.25, 0.3) is 0 Å². The van der Waals surface area contributed by atoms with Gasteiger partial charge in [0.15, 0.2) is 0 Å². The van der Waals surface area contributed by atoms with Crippen LogP contribution in [0.15, 0.2) is 35.1 Å². The molecule has 2 amide bonds. The second kappa shape index (κ2) is 10.3. The molecule has 0 radical (unpaired) electrons. The van der Waals surface area contributed by atoms with Crippen molar-refractivity contribution in [2.75, 3.05) is 40.4 Å². The summed E-state index contributed by atoms with van der Waals surface area (Å²) in [7, 11) is 2.98. The number of hydrogen-bond acceptors (Lipinski definition) is 6. The molecule has 0 spiro atoms. The van der Waals surface area contributed by atoms with Crippen molar-refractivity contribution in [1.29, 1.82) is 0 Å². The first-order chi connectivity index (χ1) is 16.8. The molecule has 0 bridgehead atoms. The van der Waals surface area contributed by atoms with Crippen LogP contribution in [0, 0.1) is 11.7 Å². The normalized spacial score (nSPS) is 17.7. The molecule has 4 rings (SSSR count). The second-order valence-corrected chi connectivity index (χ2v) is 8.90. The van der Waals surface area contributed by atoms with Gasteiger partial charge in [0, 0.05) is 63.7 Å². The Balaban J connectivity index is 1.54. The molecule has 0 N–H and O–H groups in total. The maximum Gasteiger partial charge on any atom is 0.343 e. The number of methoxy groups -OCH3 is 1. The van der Waals surface area contributed by atoms with E-state index in [-0.39, 0.29) is 66.4 Å². The summed E-state index contributed by atoms with van der Waals surface area (Å²) in [6, 6.07) is 7.03. The minimum atomic E-state index is -0.630. The van der Waals surface area contributed by atoms with Crippen LogP contribution in [0.2, 0.25) is 0 Å². The lowest BCUT2D eigenvalue weighted by molar-refractivity contribution is -0.130. The molecule has 35 heavy (non-hydrogen) atoms. The van der Waals surface area contributed by atoms with Crippen LogP contribution in [-0.4, -0.2) is 72.5 Å². The lowest BCUT2D eigenvalue weighted by atomic mass is 10.1. The number of aromatic nitrogens is 1. The third-order valence-corrected chi connectivity index (χ3v) is 6.50. The molecule has 0 aliphatic carbocycles. The zero-order valence-corrected chi connectivity index (χ0v) is 19.8.